The number of nitrogens with zero attached hydrogens (tertiary/aromatic N) is 1. The zero-order chi connectivity index (χ0) is 16.3. The van der Waals surface area contributed by atoms with Crippen LogP contribution in [0.2, 0.25) is 0 Å². The van der Waals surface area contributed by atoms with E-state index in [0.29, 0.717) is 6.54 Å². The molecule has 2 aromatic heterocycles. The number of aromatic nitrogens is 2. The molecule has 0 radical (unpaired) electrons. The van der Waals surface area contributed by atoms with Gasteiger partial charge in [-0.2, -0.15) is 13.2 Å². The van der Waals surface area contributed by atoms with Crippen molar-refractivity contribution < 1.29 is 13.2 Å². The van der Waals surface area contributed by atoms with Gasteiger partial charge in [0.25, 0.3) is 0 Å². The minimum Gasteiger partial charge on any atom is -0.360 e. The van der Waals surface area contributed by atoms with Crippen LogP contribution in [-0.2, 0) is 19.3 Å². The Bertz CT molecular complexity index is 763. The summed E-state index contributed by atoms with van der Waals surface area (Å²) in [5.41, 5.74) is 0.621. The Balaban J connectivity index is 1.62. The summed E-state index contributed by atoms with van der Waals surface area (Å²) in [6.07, 6.45) is -0.738. The maximum atomic E-state index is 12.9. The van der Waals surface area contributed by atoms with E-state index in [-0.39, 0.29) is 12.1 Å². The molecule has 7 heteroatoms. The lowest BCUT2D eigenvalue weighted by Gasteiger charge is -2.12. The van der Waals surface area contributed by atoms with E-state index in [2.05, 4.69) is 15.3 Å². The second-order valence-electron chi connectivity index (χ2n) is 4.96. The molecule has 120 valence electrons. The predicted octanol–water partition coefficient (Wildman–Crippen LogP) is 4.45. The van der Waals surface area contributed by atoms with Gasteiger partial charge in [0.2, 0.25) is 0 Å². The highest BCUT2D eigenvalue weighted by molar-refractivity contribution is 7.15. The number of rotatable bonds is 5. The number of hydrogen-bond donors (Lipinski definition) is 2. The zero-order valence-electron chi connectivity index (χ0n) is 12.0. The second kappa shape index (κ2) is 6.55. The molecule has 1 aromatic carbocycles. The van der Waals surface area contributed by atoms with Gasteiger partial charge in [0.1, 0.15) is 5.01 Å². The molecule has 3 aromatic rings. The van der Waals surface area contributed by atoms with E-state index in [1.807, 2.05) is 18.3 Å². The Morgan fingerprint density at radius 1 is 1.09 bits per heavy atom. The van der Waals surface area contributed by atoms with E-state index in [1.54, 1.807) is 12.3 Å². The lowest BCUT2D eigenvalue weighted by atomic mass is 10.1. The maximum absolute atomic E-state index is 12.9. The highest BCUT2D eigenvalue weighted by Crippen LogP contribution is 2.31. The monoisotopic (exact) mass is 337 g/mol. The molecule has 0 aliphatic rings. The van der Waals surface area contributed by atoms with Crippen molar-refractivity contribution in [3.8, 4) is 10.6 Å². The third kappa shape index (κ3) is 3.80. The molecule has 0 aliphatic carbocycles. The number of benzene rings is 1. The van der Waals surface area contributed by atoms with Crippen LogP contribution in [0.1, 0.15) is 16.1 Å². The molecular formula is C16H14F3N3S. The van der Waals surface area contributed by atoms with E-state index in [4.69, 9.17) is 0 Å². The summed E-state index contributed by atoms with van der Waals surface area (Å²) in [5, 5.41) is 3.86. The van der Waals surface area contributed by atoms with E-state index in [1.165, 1.54) is 23.5 Å². The largest absolute Gasteiger partial charge is 0.416 e. The standard InChI is InChI=1S/C16H14F3N3S/c17-16(18,19)12-5-2-1-4-11(12)8-20-10-15-22-9-14(23-15)13-6-3-7-21-13/h1-7,9,20-21H,8,10H2. The van der Waals surface area contributed by atoms with Gasteiger partial charge in [-0.05, 0) is 23.8 Å². The summed E-state index contributed by atoms with van der Waals surface area (Å²) in [6.45, 7) is 0.574. The molecule has 2 heterocycles. The minimum atomic E-state index is -4.33. The molecule has 3 nitrogen and oxygen atoms in total. The summed E-state index contributed by atoms with van der Waals surface area (Å²) >= 11 is 1.51. The number of halogens is 3. The first-order valence-corrected chi connectivity index (χ1v) is 7.80. The Kier molecular flexibility index (Phi) is 4.49. The summed E-state index contributed by atoms with van der Waals surface area (Å²) < 4.78 is 38.8. The van der Waals surface area contributed by atoms with Gasteiger partial charge in [-0.1, -0.05) is 18.2 Å². The van der Waals surface area contributed by atoms with Crippen molar-refractivity contribution in [1.82, 2.24) is 15.3 Å². The Morgan fingerprint density at radius 2 is 1.91 bits per heavy atom. The number of aromatic amines is 1. The molecular weight excluding hydrogens is 323 g/mol. The van der Waals surface area contributed by atoms with Gasteiger partial charge < -0.3 is 10.3 Å². The van der Waals surface area contributed by atoms with Crippen LogP contribution < -0.4 is 5.32 Å². The molecule has 23 heavy (non-hydrogen) atoms. The summed E-state index contributed by atoms with van der Waals surface area (Å²) in [5.74, 6) is 0. The van der Waals surface area contributed by atoms with Crippen molar-refractivity contribution in [2.75, 3.05) is 0 Å². The third-order valence-electron chi connectivity index (χ3n) is 3.33. The van der Waals surface area contributed by atoms with Crippen molar-refractivity contribution in [3.63, 3.8) is 0 Å². The lowest BCUT2D eigenvalue weighted by Crippen LogP contribution is -2.17. The van der Waals surface area contributed by atoms with E-state index in [0.717, 1.165) is 21.6 Å². The number of alkyl halides is 3. The first kappa shape index (κ1) is 15.8. The van der Waals surface area contributed by atoms with Gasteiger partial charge >= 0.3 is 6.18 Å². The molecule has 0 bridgehead atoms. The van der Waals surface area contributed by atoms with Gasteiger partial charge in [-0.25, -0.2) is 4.98 Å². The van der Waals surface area contributed by atoms with Crippen molar-refractivity contribution in [2.24, 2.45) is 0 Å². The molecule has 0 saturated carbocycles. The normalized spacial score (nSPS) is 11.8. The van der Waals surface area contributed by atoms with Crippen LogP contribution in [-0.4, -0.2) is 9.97 Å². The highest BCUT2D eigenvalue weighted by atomic mass is 32.1. The van der Waals surface area contributed by atoms with Gasteiger partial charge in [0.15, 0.2) is 0 Å². The molecule has 0 spiro atoms. The first-order valence-electron chi connectivity index (χ1n) is 6.98. The number of thiazole rings is 1. The fourth-order valence-electron chi connectivity index (χ4n) is 2.26. The van der Waals surface area contributed by atoms with Crippen LogP contribution in [0.4, 0.5) is 13.2 Å². The molecule has 0 fully saturated rings. The van der Waals surface area contributed by atoms with Crippen molar-refractivity contribution in [2.45, 2.75) is 19.3 Å². The van der Waals surface area contributed by atoms with E-state index >= 15 is 0 Å². The van der Waals surface area contributed by atoms with Gasteiger partial charge in [-0.3, -0.25) is 0 Å². The van der Waals surface area contributed by atoms with Crippen LogP contribution >= 0.6 is 11.3 Å². The highest BCUT2D eigenvalue weighted by Gasteiger charge is 2.32. The topological polar surface area (TPSA) is 40.7 Å². The van der Waals surface area contributed by atoms with Crippen LogP contribution in [0.3, 0.4) is 0 Å². The molecule has 0 aliphatic heterocycles. The Hall–Kier alpha value is -2.12. The van der Waals surface area contributed by atoms with Crippen molar-refractivity contribution in [1.29, 1.82) is 0 Å². The fourth-order valence-corrected chi connectivity index (χ4v) is 3.13. The van der Waals surface area contributed by atoms with Crippen LogP contribution in [0.25, 0.3) is 10.6 Å². The molecule has 2 N–H and O–H groups in total. The van der Waals surface area contributed by atoms with Crippen LogP contribution in [0.15, 0.2) is 48.8 Å². The average Bonchev–Trinajstić information content (AvgIpc) is 3.17. The zero-order valence-corrected chi connectivity index (χ0v) is 12.8. The predicted molar refractivity (Wildman–Crippen MR) is 83.9 cm³/mol. The van der Waals surface area contributed by atoms with Crippen molar-refractivity contribution in [3.05, 3.63) is 64.9 Å². The lowest BCUT2D eigenvalue weighted by molar-refractivity contribution is -0.138. The fraction of sp³-hybridized carbons (Fsp3) is 0.188. The third-order valence-corrected chi connectivity index (χ3v) is 4.36. The number of hydrogen-bond acceptors (Lipinski definition) is 3. The smallest absolute Gasteiger partial charge is 0.360 e. The first-order chi connectivity index (χ1) is 11.0. The quantitative estimate of drug-likeness (QED) is 0.722. The molecule has 0 amide bonds. The summed E-state index contributed by atoms with van der Waals surface area (Å²) in [4.78, 5) is 8.39. The van der Waals surface area contributed by atoms with Crippen molar-refractivity contribution >= 4 is 11.3 Å². The SMILES string of the molecule is FC(F)(F)c1ccccc1CNCc1ncc(-c2ccc[nH]2)s1. The van der Waals surface area contributed by atoms with Gasteiger partial charge in [-0.15, -0.1) is 11.3 Å². The average molecular weight is 337 g/mol. The molecule has 3 rings (SSSR count). The number of nitrogens with one attached hydrogen (secondary N) is 2. The van der Waals surface area contributed by atoms with Gasteiger partial charge in [0.05, 0.1) is 16.1 Å². The molecule has 0 unspecified atom stereocenters. The van der Waals surface area contributed by atoms with E-state index in [9.17, 15) is 13.2 Å². The Morgan fingerprint density at radius 3 is 2.65 bits per heavy atom. The second-order valence-corrected chi connectivity index (χ2v) is 6.08. The molecule has 0 saturated heterocycles. The molecule has 0 atom stereocenters. The van der Waals surface area contributed by atoms with E-state index < -0.39 is 11.7 Å². The Labute approximate surface area is 135 Å². The minimum absolute atomic E-state index is 0.146. The van der Waals surface area contributed by atoms with Crippen LogP contribution in [0.5, 0.6) is 0 Å². The summed E-state index contributed by atoms with van der Waals surface area (Å²) in [6, 6.07) is 9.45. The maximum Gasteiger partial charge on any atom is 0.416 e. The van der Waals surface area contributed by atoms with Crippen LogP contribution in [0, 0.1) is 0 Å². The van der Waals surface area contributed by atoms with Gasteiger partial charge in [0, 0.05) is 25.5 Å². The summed E-state index contributed by atoms with van der Waals surface area (Å²) in [7, 11) is 0. The number of H-pyrrole nitrogens is 1.